The van der Waals surface area contributed by atoms with Crippen LogP contribution in [0.2, 0.25) is 0 Å². The average molecular weight is 261 g/mol. The number of hydrogen-bond acceptors (Lipinski definition) is 5. The number of nitrogens with two attached hydrogens (primary N) is 1. The second-order valence-electron chi connectivity index (χ2n) is 4.03. The number of aromatic amines is 1. The summed E-state index contributed by atoms with van der Waals surface area (Å²) < 4.78 is 5.08. The topological polar surface area (TPSA) is 106 Å². The van der Waals surface area contributed by atoms with E-state index in [0.29, 0.717) is 0 Å². The molecule has 1 aromatic carbocycles. The summed E-state index contributed by atoms with van der Waals surface area (Å²) in [4.78, 5) is 11.9. The van der Waals surface area contributed by atoms with Gasteiger partial charge in [0, 0.05) is 0 Å². The largest absolute Gasteiger partial charge is 0.497 e. The number of benzene rings is 1. The first-order valence-electron chi connectivity index (χ1n) is 5.73. The number of rotatable bonds is 4. The number of ether oxygens (including phenoxy) is 1. The van der Waals surface area contributed by atoms with Crippen LogP contribution in [-0.4, -0.2) is 28.4 Å². The molecule has 0 saturated heterocycles. The Morgan fingerprint density at radius 3 is 2.58 bits per heavy atom. The lowest BCUT2D eigenvalue weighted by Gasteiger charge is -2.13. The van der Waals surface area contributed by atoms with Crippen molar-refractivity contribution in [3.63, 3.8) is 0 Å². The SMILES string of the molecule is COc1ccc(C(C)NC(=O)c2n[nH]nc2N)cc1. The molecule has 4 N–H and O–H groups in total. The molecule has 1 aromatic heterocycles. The fourth-order valence-electron chi connectivity index (χ4n) is 1.65. The molecule has 0 radical (unpaired) electrons. The van der Waals surface area contributed by atoms with Crippen molar-refractivity contribution in [1.29, 1.82) is 0 Å². The van der Waals surface area contributed by atoms with Crippen molar-refractivity contribution in [3.05, 3.63) is 35.5 Å². The third-order valence-corrected chi connectivity index (χ3v) is 2.75. The van der Waals surface area contributed by atoms with Crippen LogP contribution in [-0.2, 0) is 0 Å². The maximum atomic E-state index is 11.9. The molecule has 0 bridgehead atoms. The Morgan fingerprint density at radius 2 is 2.05 bits per heavy atom. The van der Waals surface area contributed by atoms with Gasteiger partial charge in [-0.15, -0.1) is 10.2 Å². The standard InChI is InChI=1S/C12H15N5O2/c1-7(8-3-5-9(19-2)6-4-8)14-12(18)10-11(13)16-17-15-10/h3-7H,1-2H3,(H,14,18)(H3,13,15,16,17). The fraction of sp³-hybridized carbons (Fsp3) is 0.250. The highest BCUT2D eigenvalue weighted by atomic mass is 16.5. The second kappa shape index (κ2) is 5.38. The number of hydrogen-bond donors (Lipinski definition) is 3. The molecule has 1 heterocycles. The molecule has 0 fully saturated rings. The number of methoxy groups -OCH3 is 1. The zero-order valence-electron chi connectivity index (χ0n) is 10.7. The van der Waals surface area contributed by atoms with E-state index in [-0.39, 0.29) is 23.5 Å². The lowest BCUT2D eigenvalue weighted by Crippen LogP contribution is -2.27. The maximum absolute atomic E-state index is 11.9. The number of carbonyl (C=O) groups is 1. The molecule has 1 amide bonds. The Bertz CT molecular complexity index is 564. The summed E-state index contributed by atoms with van der Waals surface area (Å²) in [5, 5.41) is 12.4. The summed E-state index contributed by atoms with van der Waals surface area (Å²) in [5.74, 6) is 0.483. The van der Waals surface area contributed by atoms with Crippen molar-refractivity contribution in [2.45, 2.75) is 13.0 Å². The molecular weight excluding hydrogens is 246 g/mol. The number of anilines is 1. The van der Waals surface area contributed by atoms with Gasteiger partial charge in [-0.3, -0.25) is 4.79 Å². The summed E-state index contributed by atoms with van der Waals surface area (Å²) in [6, 6.07) is 7.27. The number of carbonyl (C=O) groups excluding carboxylic acids is 1. The summed E-state index contributed by atoms with van der Waals surface area (Å²) in [6.45, 7) is 1.87. The van der Waals surface area contributed by atoms with Crippen LogP contribution in [0.25, 0.3) is 0 Å². The van der Waals surface area contributed by atoms with Crippen LogP contribution in [0.15, 0.2) is 24.3 Å². The van der Waals surface area contributed by atoms with Gasteiger partial charge in [0.15, 0.2) is 11.5 Å². The van der Waals surface area contributed by atoms with Crippen LogP contribution < -0.4 is 15.8 Å². The van der Waals surface area contributed by atoms with Gasteiger partial charge < -0.3 is 15.8 Å². The van der Waals surface area contributed by atoms with E-state index < -0.39 is 0 Å². The van der Waals surface area contributed by atoms with Crippen LogP contribution >= 0.6 is 0 Å². The first-order valence-corrected chi connectivity index (χ1v) is 5.73. The van der Waals surface area contributed by atoms with Gasteiger partial charge in [-0.05, 0) is 24.6 Å². The average Bonchev–Trinajstić information content (AvgIpc) is 2.85. The van der Waals surface area contributed by atoms with Gasteiger partial charge in [0.25, 0.3) is 5.91 Å². The third-order valence-electron chi connectivity index (χ3n) is 2.75. The Balaban J connectivity index is 2.06. The highest BCUT2D eigenvalue weighted by molar-refractivity contribution is 5.96. The van der Waals surface area contributed by atoms with Gasteiger partial charge in [-0.25, -0.2) is 0 Å². The Hall–Kier alpha value is -2.57. The lowest BCUT2D eigenvalue weighted by atomic mass is 10.1. The first kappa shape index (κ1) is 12.9. The van der Waals surface area contributed by atoms with E-state index in [9.17, 15) is 4.79 Å². The van der Waals surface area contributed by atoms with Gasteiger partial charge in [0.2, 0.25) is 0 Å². The van der Waals surface area contributed by atoms with E-state index in [4.69, 9.17) is 10.5 Å². The highest BCUT2D eigenvalue weighted by Gasteiger charge is 2.17. The lowest BCUT2D eigenvalue weighted by molar-refractivity contribution is 0.0935. The first-order chi connectivity index (χ1) is 9.11. The molecule has 0 spiro atoms. The zero-order chi connectivity index (χ0) is 13.8. The minimum absolute atomic E-state index is 0.0828. The van der Waals surface area contributed by atoms with Crippen LogP contribution in [0.3, 0.4) is 0 Å². The van der Waals surface area contributed by atoms with Gasteiger partial charge in [0.05, 0.1) is 13.2 Å². The molecule has 100 valence electrons. The zero-order valence-corrected chi connectivity index (χ0v) is 10.7. The predicted octanol–water partition coefficient (Wildman–Crippen LogP) is 0.886. The second-order valence-corrected chi connectivity index (χ2v) is 4.03. The number of nitrogen functional groups attached to an aromatic ring is 1. The van der Waals surface area contributed by atoms with Gasteiger partial charge in [-0.2, -0.15) is 5.21 Å². The maximum Gasteiger partial charge on any atom is 0.276 e. The molecule has 19 heavy (non-hydrogen) atoms. The number of nitrogens with one attached hydrogen (secondary N) is 2. The molecule has 1 unspecified atom stereocenters. The van der Waals surface area contributed by atoms with Crippen LogP contribution in [0.5, 0.6) is 5.75 Å². The molecule has 0 aliphatic heterocycles. The Morgan fingerprint density at radius 1 is 1.37 bits per heavy atom. The summed E-state index contributed by atoms with van der Waals surface area (Å²) >= 11 is 0. The predicted molar refractivity (Wildman–Crippen MR) is 69.7 cm³/mol. The van der Waals surface area contributed by atoms with Crippen molar-refractivity contribution in [2.24, 2.45) is 0 Å². The number of aromatic nitrogens is 3. The van der Waals surface area contributed by atoms with Crippen molar-refractivity contribution < 1.29 is 9.53 Å². The number of nitrogens with zero attached hydrogens (tertiary/aromatic N) is 2. The summed E-state index contributed by atoms with van der Waals surface area (Å²) in [6.07, 6.45) is 0. The van der Waals surface area contributed by atoms with Crippen molar-refractivity contribution >= 4 is 11.7 Å². The number of H-pyrrole nitrogens is 1. The Kier molecular flexibility index (Phi) is 3.65. The molecule has 0 aliphatic rings. The van der Waals surface area contributed by atoms with Crippen molar-refractivity contribution in [1.82, 2.24) is 20.7 Å². The normalized spacial score (nSPS) is 11.9. The van der Waals surface area contributed by atoms with E-state index >= 15 is 0 Å². The monoisotopic (exact) mass is 261 g/mol. The van der Waals surface area contributed by atoms with Gasteiger partial charge >= 0.3 is 0 Å². The van der Waals surface area contributed by atoms with Crippen LogP contribution in [0.4, 0.5) is 5.82 Å². The number of amides is 1. The molecule has 2 aromatic rings. The highest BCUT2D eigenvalue weighted by Crippen LogP contribution is 2.17. The molecule has 0 aliphatic carbocycles. The van der Waals surface area contributed by atoms with Crippen LogP contribution in [0, 0.1) is 0 Å². The fourth-order valence-corrected chi connectivity index (χ4v) is 1.65. The smallest absolute Gasteiger partial charge is 0.276 e. The van der Waals surface area contributed by atoms with Crippen molar-refractivity contribution in [2.75, 3.05) is 12.8 Å². The van der Waals surface area contributed by atoms with Crippen molar-refractivity contribution in [3.8, 4) is 5.75 Å². The third kappa shape index (κ3) is 2.82. The quantitative estimate of drug-likeness (QED) is 0.757. The molecule has 7 heteroatoms. The van der Waals surface area contributed by atoms with E-state index in [1.807, 2.05) is 31.2 Å². The molecule has 0 saturated carbocycles. The van der Waals surface area contributed by atoms with E-state index in [2.05, 4.69) is 20.7 Å². The molecule has 7 nitrogen and oxygen atoms in total. The van der Waals surface area contributed by atoms with E-state index in [1.165, 1.54) is 0 Å². The molecular formula is C12H15N5O2. The van der Waals surface area contributed by atoms with Gasteiger partial charge in [0.1, 0.15) is 5.75 Å². The molecule has 2 rings (SSSR count). The van der Waals surface area contributed by atoms with Gasteiger partial charge in [-0.1, -0.05) is 12.1 Å². The minimum atomic E-state index is -0.366. The van der Waals surface area contributed by atoms with E-state index in [1.54, 1.807) is 7.11 Å². The minimum Gasteiger partial charge on any atom is -0.497 e. The molecule has 1 atom stereocenters. The summed E-state index contributed by atoms with van der Waals surface area (Å²) in [5.41, 5.74) is 6.56. The van der Waals surface area contributed by atoms with Crippen LogP contribution in [0.1, 0.15) is 29.0 Å². The Labute approximate surface area is 110 Å². The van der Waals surface area contributed by atoms with E-state index in [0.717, 1.165) is 11.3 Å². The summed E-state index contributed by atoms with van der Waals surface area (Å²) in [7, 11) is 1.60.